The van der Waals surface area contributed by atoms with Crippen molar-refractivity contribution in [3.05, 3.63) is 28.8 Å². The smallest absolute Gasteiger partial charge is 0.261 e. The predicted molar refractivity (Wildman–Crippen MR) is 67.3 cm³/mol. The fourth-order valence-corrected chi connectivity index (χ4v) is 2.76. The lowest BCUT2D eigenvalue weighted by Gasteiger charge is -2.10. The number of nitrogens with one attached hydrogen (secondary N) is 1. The van der Waals surface area contributed by atoms with E-state index >= 15 is 0 Å². The Morgan fingerprint density at radius 3 is 2.42 bits per heavy atom. The van der Waals surface area contributed by atoms with E-state index < -0.39 is 27.9 Å². The van der Waals surface area contributed by atoms with Crippen LogP contribution in [-0.4, -0.2) is 27.3 Å². The summed E-state index contributed by atoms with van der Waals surface area (Å²) in [4.78, 5) is 11.4. The van der Waals surface area contributed by atoms with Crippen molar-refractivity contribution in [1.82, 2.24) is 5.32 Å². The summed E-state index contributed by atoms with van der Waals surface area (Å²) < 4.78 is 46.7. The first-order valence-electron chi connectivity index (χ1n) is 5.25. The van der Waals surface area contributed by atoms with Crippen LogP contribution in [0.4, 0.5) is 8.78 Å². The minimum atomic E-state index is -4.00. The highest BCUT2D eigenvalue weighted by Gasteiger charge is 2.19. The van der Waals surface area contributed by atoms with Crippen molar-refractivity contribution in [3.63, 3.8) is 0 Å². The molecule has 4 nitrogen and oxygen atoms in total. The molecule has 0 aliphatic rings. The van der Waals surface area contributed by atoms with Crippen molar-refractivity contribution in [2.45, 2.75) is 25.2 Å². The highest BCUT2D eigenvalue weighted by atomic mass is 35.7. The molecule has 1 amide bonds. The van der Waals surface area contributed by atoms with Crippen LogP contribution in [0.3, 0.4) is 0 Å². The summed E-state index contributed by atoms with van der Waals surface area (Å²) in [6.45, 7) is 2.35. The van der Waals surface area contributed by atoms with Crippen LogP contribution in [0, 0.1) is 13.8 Å². The quantitative estimate of drug-likeness (QED) is 0.867. The predicted octanol–water partition coefficient (Wildman–Crippen LogP) is 2.23. The van der Waals surface area contributed by atoms with Crippen LogP contribution in [0.1, 0.15) is 21.5 Å². The van der Waals surface area contributed by atoms with Crippen LogP contribution in [0.2, 0.25) is 0 Å². The SMILES string of the molecule is Cc1cc(C(=O)NCC(F)F)cc(S(=O)(=O)Cl)c1C. The van der Waals surface area contributed by atoms with Gasteiger partial charge in [-0.3, -0.25) is 4.79 Å². The lowest BCUT2D eigenvalue weighted by atomic mass is 10.1. The number of aryl methyl sites for hydroxylation is 1. The fraction of sp³-hybridized carbons (Fsp3) is 0.364. The molecule has 0 saturated carbocycles. The molecule has 1 aromatic rings. The molecule has 106 valence electrons. The Balaban J connectivity index is 3.18. The first kappa shape index (κ1) is 15.8. The summed E-state index contributed by atoms with van der Waals surface area (Å²) in [5.74, 6) is -0.773. The summed E-state index contributed by atoms with van der Waals surface area (Å²) >= 11 is 0. The maximum absolute atomic E-state index is 12.0. The molecule has 8 heteroatoms. The summed E-state index contributed by atoms with van der Waals surface area (Å²) in [7, 11) is 1.26. The molecule has 1 N–H and O–H groups in total. The van der Waals surface area contributed by atoms with E-state index in [1.165, 1.54) is 6.07 Å². The minimum Gasteiger partial charge on any atom is -0.346 e. The van der Waals surface area contributed by atoms with Gasteiger partial charge in [0.1, 0.15) is 0 Å². The zero-order chi connectivity index (χ0) is 14.8. The largest absolute Gasteiger partial charge is 0.346 e. The van der Waals surface area contributed by atoms with E-state index in [1.54, 1.807) is 13.8 Å². The van der Waals surface area contributed by atoms with E-state index in [1.807, 2.05) is 5.32 Å². The number of alkyl halides is 2. The third-order valence-corrected chi connectivity index (χ3v) is 4.01. The normalized spacial score (nSPS) is 11.7. The highest BCUT2D eigenvalue weighted by Crippen LogP contribution is 2.24. The van der Waals surface area contributed by atoms with Gasteiger partial charge in [-0.25, -0.2) is 17.2 Å². The molecule has 0 fully saturated rings. The first-order chi connectivity index (χ1) is 8.62. The van der Waals surface area contributed by atoms with E-state index in [0.717, 1.165) is 6.07 Å². The van der Waals surface area contributed by atoms with Gasteiger partial charge in [-0.05, 0) is 37.1 Å². The van der Waals surface area contributed by atoms with Crippen LogP contribution in [0.5, 0.6) is 0 Å². The molecule has 0 atom stereocenters. The van der Waals surface area contributed by atoms with Gasteiger partial charge in [-0.15, -0.1) is 0 Å². The molecule has 0 radical (unpaired) electrons. The number of halogens is 3. The molecule has 0 saturated heterocycles. The van der Waals surface area contributed by atoms with Gasteiger partial charge in [0.05, 0.1) is 11.4 Å². The van der Waals surface area contributed by atoms with Crippen molar-refractivity contribution >= 4 is 25.6 Å². The summed E-state index contributed by atoms with van der Waals surface area (Å²) in [5.41, 5.74) is 0.923. The van der Waals surface area contributed by atoms with Crippen molar-refractivity contribution in [2.24, 2.45) is 0 Å². The fourth-order valence-electron chi connectivity index (χ4n) is 1.48. The van der Waals surface area contributed by atoms with Gasteiger partial charge in [-0.2, -0.15) is 0 Å². The average Bonchev–Trinajstić information content (AvgIpc) is 2.27. The Bertz CT molecular complexity index is 602. The van der Waals surface area contributed by atoms with Crippen molar-refractivity contribution in [1.29, 1.82) is 0 Å². The second-order valence-corrected chi connectivity index (χ2v) is 6.49. The van der Waals surface area contributed by atoms with Crippen molar-refractivity contribution in [2.75, 3.05) is 6.54 Å². The van der Waals surface area contributed by atoms with Gasteiger partial charge in [0.2, 0.25) is 0 Å². The van der Waals surface area contributed by atoms with E-state index in [-0.39, 0.29) is 10.5 Å². The zero-order valence-electron chi connectivity index (χ0n) is 10.2. The maximum atomic E-state index is 12.0. The van der Waals surface area contributed by atoms with Gasteiger partial charge in [-0.1, -0.05) is 0 Å². The molecule has 0 bridgehead atoms. The molecule has 0 unspecified atom stereocenters. The van der Waals surface area contributed by atoms with Gasteiger partial charge < -0.3 is 5.32 Å². The summed E-state index contributed by atoms with van der Waals surface area (Å²) in [6.07, 6.45) is -2.67. The van der Waals surface area contributed by atoms with Crippen LogP contribution in [-0.2, 0) is 9.05 Å². The summed E-state index contributed by atoms with van der Waals surface area (Å²) in [6, 6.07) is 2.49. The van der Waals surface area contributed by atoms with E-state index in [0.29, 0.717) is 11.1 Å². The first-order valence-corrected chi connectivity index (χ1v) is 7.56. The molecule has 0 heterocycles. The average molecular weight is 312 g/mol. The third kappa shape index (κ3) is 4.14. The number of carbonyl (C=O) groups is 1. The van der Waals surface area contributed by atoms with Gasteiger partial charge in [0.15, 0.2) is 0 Å². The standard InChI is InChI=1S/C11H12ClF2NO3S/c1-6-3-8(11(16)15-5-10(13)14)4-9(7(6)2)19(12,17)18/h3-4,10H,5H2,1-2H3,(H,15,16). The maximum Gasteiger partial charge on any atom is 0.261 e. The van der Waals surface area contributed by atoms with Crippen LogP contribution >= 0.6 is 10.7 Å². The Hall–Kier alpha value is -1.21. The lowest BCUT2D eigenvalue weighted by Crippen LogP contribution is -2.28. The van der Waals surface area contributed by atoms with Crippen LogP contribution in [0.15, 0.2) is 17.0 Å². The second kappa shape index (κ2) is 5.83. The van der Waals surface area contributed by atoms with Crippen LogP contribution < -0.4 is 5.32 Å². The monoisotopic (exact) mass is 311 g/mol. The summed E-state index contributed by atoms with van der Waals surface area (Å²) in [5, 5.41) is 2.00. The minimum absolute atomic E-state index is 0.0250. The van der Waals surface area contributed by atoms with Crippen molar-refractivity contribution in [3.8, 4) is 0 Å². The molecule has 0 aliphatic heterocycles. The Morgan fingerprint density at radius 1 is 1.37 bits per heavy atom. The molecule has 1 rings (SSSR count). The molecule has 0 aliphatic carbocycles. The number of amides is 1. The number of hydrogen-bond acceptors (Lipinski definition) is 3. The van der Waals surface area contributed by atoms with E-state index in [4.69, 9.17) is 10.7 Å². The lowest BCUT2D eigenvalue weighted by molar-refractivity contribution is 0.0891. The molecule has 0 aromatic heterocycles. The Kier molecular flexibility index (Phi) is 4.86. The molecular formula is C11H12ClF2NO3S. The number of hydrogen-bond donors (Lipinski definition) is 1. The number of benzene rings is 1. The molecule has 19 heavy (non-hydrogen) atoms. The van der Waals surface area contributed by atoms with Crippen LogP contribution in [0.25, 0.3) is 0 Å². The zero-order valence-corrected chi connectivity index (χ0v) is 11.8. The Morgan fingerprint density at radius 2 is 1.95 bits per heavy atom. The molecular weight excluding hydrogens is 300 g/mol. The topological polar surface area (TPSA) is 63.2 Å². The number of rotatable bonds is 4. The van der Waals surface area contributed by atoms with E-state index in [2.05, 4.69) is 0 Å². The van der Waals surface area contributed by atoms with E-state index in [9.17, 15) is 22.0 Å². The highest BCUT2D eigenvalue weighted by molar-refractivity contribution is 8.13. The molecule has 0 spiro atoms. The molecule has 1 aromatic carbocycles. The Labute approximate surface area is 114 Å². The van der Waals surface area contributed by atoms with Crippen molar-refractivity contribution < 1.29 is 22.0 Å². The van der Waals surface area contributed by atoms with Gasteiger partial charge in [0, 0.05) is 16.2 Å². The third-order valence-electron chi connectivity index (χ3n) is 2.56. The van der Waals surface area contributed by atoms with Gasteiger partial charge in [0.25, 0.3) is 21.4 Å². The number of carbonyl (C=O) groups excluding carboxylic acids is 1. The van der Waals surface area contributed by atoms with Gasteiger partial charge >= 0.3 is 0 Å². The second-order valence-electron chi connectivity index (χ2n) is 3.96.